The van der Waals surface area contributed by atoms with Crippen molar-refractivity contribution >= 4 is 11.7 Å². The van der Waals surface area contributed by atoms with Crippen molar-refractivity contribution < 1.29 is 9.59 Å². The third-order valence-electron chi connectivity index (χ3n) is 3.30. The smallest absolute Gasteiger partial charge is 0.224 e. The second kappa shape index (κ2) is 5.19. The van der Waals surface area contributed by atoms with E-state index in [0.717, 1.165) is 12.8 Å². The summed E-state index contributed by atoms with van der Waals surface area (Å²) in [6.45, 7) is 9.97. The highest BCUT2D eigenvalue weighted by atomic mass is 16.2. The van der Waals surface area contributed by atoms with E-state index in [1.807, 2.05) is 34.6 Å². The molecule has 3 nitrogen and oxygen atoms in total. The van der Waals surface area contributed by atoms with Crippen LogP contribution in [0.2, 0.25) is 0 Å². The fourth-order valence-electron chi connectivity index (χ4n) is 2.63. The highest BCUT2D eigenvalue weighted by Gasteiger charge is 2.38. The Hall–Kier alpha value is -0.860. The highest BCUT2D eigenvalue weighted by Crippen LogP contribution is 2.33. The molecule has 0 bridgehead atoms. The van der Waals surface area contributed by atoms with Gasteiger partial charge in [0.2, 0.25) is 5.91 Å². The average molecular weight is 239 g/mol. The summed E-state index contributed by atoms with van der Waals surface area (Å²) in [7, 11) is 0. The molecular weight excluding hydrogens is 214 g/mol. The first-order valence-corrected chi connectivity index (χ1v) is 6.57. The number of Topliss-reactive ketones (excluding diaryl/α,β-unsaturated/α-hetero) is 1. The number of hydrogen-bond donors (Lipinski definition) is 1. The third-order valence-corrected chi connectivity index (χ3v) is 3.30. The molecule has 1 amide bonds. The van der Waals surface area contributed by atoms with Crippen molar-refractivity contribution in [2.75, 3.05) is 0 Å². The summed E-state index contributed by atoms with van der Waals surface area (Å²) in [5.41, 5.74) is -0.230. The molecule has 0 heterocycles. The van der Waals surface area contributed by atoms with Crippen molar-refractivity contribution in [2.45, 2.75) is 59.4 Å². The molecule has 1 fully saturated rings. The number of carbonyl (C=O) groups excluding carboxylic acids is 2. The number of carbonyl (C=O) groups is 2. The highest BCUT2D eigenvalue weighted by molar-refractivity contribution is 5.90. The predicted octanol–water partition coefficient (Wildman–Crippen LogP) is 2.54. The SMILES string of the molecule is CC(C)C(C(=O)NC(C)(C)C)C1CCCC1=O. The van der Waals surface area contributed by atoms with Gasteiger partial charge in [-0.15, -0.1) is 0 Å². The van der Waals surface area contributed by atoms with Gasteiger partial charge >= 0.3 is 0 Å². The van der Waals surface area contributed by atoms with Gasteiger partial charge in [0.05, 0.1) is 0 Å². The molecule has 2 unspecified atom stereocenters. The van der Waals surface area contributed by atoms with Gasteiger partial charge in [-0.2, -0.15) is 0 Å². The number of hydrogen-bond acceptors (Lipinski definition) is 2. The molecule has 1 aliphatic rings. The van der Waals surface area contributed by atoms with E-state index < -0.39 is 0 Å². The largest absolute Gasteiger partial charge is 0.351 e. The Morgan fingerprint density at radius 2 is 1.94 bits per heavy atom. The van der Waals surface area contributed by atoms with Crippen LogP contribution < -0.4 is 5.32 Å². The standard InChI is InChI=1S/C14H25NO2/c1-9(2)12(10-7-6-8-11(10)16)13(17)15-14(3,4)5/h9-10,12H,6-8H2,1-5H3,(H,15,17). The minimum absolute atomic E-state index is 0.0350. The number of amides is 1. The summed E-state index contributed by atoms with van der Waals surface area (Å²) in [5.74, 6) is 0.298. The first-order valence-electron chi connectivity index (χ1n) is 6.57. The Morgan fingerprint density at radius 3 is 2.29 bits per heavy atom. The lowest BCUT2D eigenvalue weighted by atomic mass is 9.80. The van der Waals surface area contributed by atoms with Gasteiger partial charge < -0.3 is 5.32 Å². The van der Waals surface area contributed by atoms with Crippen molar-refractivity contribution in [3.8, 4) is 0 Å². The van der Waals surface area contributed by atoms with Crippen LogP contribution in [-0.2, 0) is 9.59 Å². The summed E-state index contributed by atoms with van der Waals surface area (Å²) < 4.78 is 0. The maximum absolute atomic E-state index is 12.3. The van der Waals surface area contributed by atoms with E-state index in [-0.39, 0.29) is 35.0 Å². The van der Waals surface area contributed by atoms with Crippen molar-refractivity contribution in [1.82, 2.24) is 5.32 Å². The molecule has 0 aromatic rings. The first kappa shape index (κ1) is 14.2. The van der Waals surface area contributed by atoms with E-state index >= 15 is 0 Å². The van der Waals surface area contributed by atoms with Crippen LogP contribution in [0.1, 0.15) is 53.9 Å². The number of rotatable bonds is 3. The Kier molecular flexibility index (Phi) is 4.34. The molecular formula is C14H25NO2. The third kappa shape index (κ3) is 3.83. The topological polar surface area (TPSA) is 46.2 Å². The molecule has 1 saturated carbocycles. The fourth-order valence-corrected chi connectivity index (χ4v) is 2.63. The molecule has 3 heteroatoms. The van der Waals surface area contributed by atoms with E-state index in [1.54, 1.807) is 0 Å². The first-order chi connectivity index (χ1) is 7.72. The molecule has 0 saturated heterocycles. The summed E-state index contributed by atoms with van der Waals surface area (Å²) in [6.07, 6.45) is 2.46. The lowest BCUT2D eigenvalue weighted by Gasteiger charge is -2.29. The summed E-state index contributed by atoms with van der Waals surface area (Å²) >= 11 is 0. The van der Waals surface area contributed by atoms with Crippen molar-refractivity contribution in [3.05, 3.63) is 0 Å². The van der Waals surface area contributed by atoms with Gasteiger partial charge in [0.15, 0.2) is 0 Å². The van der Waals surface area contributed by atoms with Crippen LogP contribution in [0.3, 0.4) is 0 Å². The van der Waals surface area contributed by atoms with Crippen LogP contribution in [0.4, 0.5) is 0 Å². The normalized spacial score (nSPS) is 22.9. The minimum atomic E-state index is -0.230. The van der Waals surface area contributed by atoms with Crippen LogP contribution in [0.5, 0.6) is 0 Å². The molecule has 1 N–H and O–H groups in total. The second-order valence-corrected chi connectivity index (χ2v) is 6.47. The summed E-state index contributed by atoms with van der Waals surface area (Å²) in [6, 6.07) is 0. The average Bonchev–Trinajstić information content (AvgIpc) is 2.48. The summed E-state index contributed by atoms with van der Waals surface area (Å²) in [5, 5.41) is 3.01. The van der Waals surface area contributed by atoms with Crippen LogP contribution in [-0.4, -0.2) is 17.2 Å². The number of ketones is 1. The van der Waals surface area contributed by atoms with Gasteiger partial charge in [-0.3, -0.25) is 9.59 Å². The molecule has 0 radical (unpaired) electrons. The van der Waals surface area contributed by atoms with Crippen LogP contribution >= 0.6 is 0 Å². The Labute approximate surface area is 104 Å². The van der Waals surface area contributed by atoms with Crippen molar-refractivity contribution in [3.63, 3.8) is 0 Å². The van der Waals surface area contributed by atoms with E-state index in [9.17, 15) is 9.59 Å². The van der Waals surface area contributed by atoms with Gasteiger partial charge in [-0.25, -0.2) is 0 Å². The van der Waals surface area contributed by atoms with Crippen molar-refractivity contribution in [2.24, 2.45) is 17.8 Å². The lowest BCUT2D eigenvalue weighted by molar-refractivity contribution is -0.135. The predicted molar refractivity (Wildman–Crippen MR) is 68.6 cm³/mol. The van der Waals surface area contributed by atoms with Crippen LogP contribution in [0.25, 0.3) is 0 Å². The minimum Gasteiger partial charge on any atom is -0.351 e. The lowest BCUT2D eigenvalue weighted by Crippen LogP contribution is -2.47. The van der Waals surface area contributed by atoms with E-state index in [2.05, 4.69) is 5.32 Å². The van der Waals surface area contributed by atoms with Gasteiger partial charge in [0.25, 0.3) is 0 Å². The Bertz CT molecular complexity index is 302. The summed E-state index contributed by atoms with van der Waals surface area (Å²) in [4.78, 5) is 24.1. The molecule has 0 aliphatic heterocycles. The number of nitrogens with one attached hydrogen (secondary N) is 1. The molecule has 0 aromatic carbocycles. The maximum atomic E-state index is 12.3. The van der Waals surface area contributed by atoms with Gasteiger partial charge in [-0.05, 0) is 39.5 Å². The van der Waals surface area contributed by atoms with E-state index in [4.69, 9.17) is 0 Å². The maximum Gasteiger partial charge on any atom is 0.224 e. The molecule has 17 heavy (non-hydrogen) atoms. The quantitative estimate of drug-likeness (QED) is 0.822. The monoisotopic (exact) mass is 239 g/mol. The van der Waals surface area contributed by atoms with E-state index in [0.29, 0.717) is 6.42 Å². The van der Waals surface area contributed by atoms with Gasteiger partial charge in [0, 0.05) is 23.8 Å². The zero-order valence-corrected chi connectivity index (χ0v) is 11.7. The molecule has 1 aliphatic carbocycles. The second-order valence-electron chi connectivity index (χ2n) is 6.47. The van der Waals surface area contributed by atoms with Crippen LogP contribution in [0, 0.1) is 17.8 Å². The molecule has 0 spiro atoms. The van der Waals surface area contributed by atoms with E-state index in [1.165, 1.54) is 0 Å². The Morgan fingerprint density at radius 1 is 1.35 bits per heavy atom. The molecule has 0 aromatic heterocycles. The van der Waals surface area contributed by atoms with Crippen molar-refractivity contribution in [1.29, 1.82) is 0 Å². The van der Waals surface area contributed by atoms with Crippen LogP contribution in [0.15, 0.2) is 0 Å². The zero-order valence-electron chi connectivity index (χ0n) is 11.7. The zero-order chi connectivity index (χ0) is 13.2. The molecule has 1 rings (SSSR count). The Balaban J connectivity index is 2.79. The molecule has 98 valence electrons. The van der Waals surface area contributed by atoms with Gasteiger partial charge in [0.1, 0.15) is 5.78 Å². The molecule has 2 atom stereocenters. The van der Waals surface area contributed by atoms with Gasteiger partial charge in [-0.1, -0.05) is 13.8 Å². The fraction of sp³-hybridized carbons (Fsp3) is 0.857.